The first-order valence-corrected chi connectivity index (χ1v) is 12.0. The molecule has 2 aromatic carbocycles. The summed E-state index contributed by atoms with van der Waals surface area (Å²) in [5, 5.41) is 11.6. The van der Waals surface area contributed by atoms with Crippen molar-refractivity contribution in [3.8, 4) is 17.0 Å². The molecule has 5 heterocycles. The molecular weight excluding hydrogens is 456 g/mol. The minimum Gasteiger partial charge on any atom is -0.489 e. The minimum atomic E-state index is 0.115. The lowest BCUT2D eigenvalue weighted by Crippen LogP contribution is -2.58. The zero-order valence-electron chi connectivity index (χ0n) is 19.7. The van der Waals surface area contributed by atoms with E-state index >= 15 is 0 Å². The third-order valence-corrected chi connectivity index (χ3v) is 7.00. The highest BCUT2D eigenvalue weighted by Gasteiger charge is 2.33. The number of hydrogen-bond acceptors (Lipinski definition) is 7. The van der Waals surface area contributed by atoms with Crippen LogP contribution in [0.15, 0.2) is 61.2 Å². The van der Waals surface area contributed by atoms with Crippen molar-refractivity contribution in [2.45, 2.75) is 13.0 Å². The van der Waals surface area contributed by atoms with Gasteiger partial charge >= 0.3 is 0 Å². The first-order chi connectivity index (χ1) is 17.6. The number of ether oxygens (including phenoxy) is 1. The molecule has 10 heteroatoms. The maximum Gasteiger partial charge on any atom is 0.219 e. The molecule has 0 radical (unpaired) electrons. The molecule has 36 heavy (non-hydrogen) atoms. The number of carbonyl (C=O) groups excluding carboxylic acids is 1. The van der Waals surface area contributed by atoms with Crippen LogP contribution >= 0.6 is 0 Å². The normalized spacial score (nSPS) is 17.1. The molecule has 2 aliphatic rings. The van der Waals surface area contributed by atoms with Crippen molar-refractivity contribution in [3.05, 3.63) is 61.2 Å². The Morgan fingerprint density at radius 2 is 2.14 bits per heavy atom. The van der Waals surface area contributed by atoms with Crippen LogP contribution in [0, 0.1) is 0 Å². The Hall–Kier alpha value is -4.60. The number of rotatable bonds is 3. The van der Waals surface area contributed by atoms with Gasteiger partial charge in [-0.25, -0.2) is 9.97 Å². The first kappa shape index (κ1) is 20.7. The Morgan fingerprint density at radius 1 is 1.19 bits per heavy atom. The molecule has 0 spiro atoms. The van der Waals surface area contributed by atoms with E-state index < -0.39 is 0 Å². The number of fused-ring (bicyclic) bond motifs is 5. The molecule has 1 amide bonds. The number of nitrogens with one attached hydrogen (secondary N) is 2. The summed E-state index contributed by atoms with van der Waals surface area (Å²) in [6, 6.07) is 12.4. The molecule has 0 bridgehead atoms. The van der Waals surface area contributed by atoms with E-state index in [1.165, 1.54) is 0 Å². The summed E-state index contributed by atoms with van der Waals surface area (Å²) in [5.74, 6) is 1.60. The Morgan fingerprint density at radius 3 is 3.06 bits per heavy atom. The van der Waals surface area contributed by atoms with Crippen molar-refractivity contribution < 1.29 is 9.53 Å². The minimum absolute atomic E-state index is 0.115. The second-order valence-electron chi connectivity index (χ2n) is 9.24. The number of piperazine rings is 1. The first-order valence-electron chi connectivity index (χ1n) is 12.0. The van der Waals surface area contributed by atoms with Crippen molar-refractivity contribution in [2.75, 3.05) is 36.5 Å². The van der Waals surface area contributed by atoms with Crippen LogP contribution in [0.4, 0.5) is 17.2 Å². The van der Waals surface area contributed by atoms with Crippen molar-refractivity contribution in [2.24, 2.45) is 0 Å². The van der Waals surface area contributed by atoms with Crippen LogP contribution in [0.5, 0.6) is 5.75 Å². The summed E-state index contributed by atoms with van der Waals surface area (Å²) in [6.45, 7) is 4.39. The van der Waals surface area contributed by atoms with Crippen molar-refractivity contribution in [1.82, 2.24) is 29.5 Å². The van der Waals surface area contributed by atoms with E-state index in [-0.39, 0.29) is 11.9 Å². The highest BCUT2D eigenvalue weighted by molar-refractivity contribution is 5.84. The van der Waals surface area contributed by atoms with Gasteiger partial charge in [0, 0.05) is 67.9 Å². The molecule has 1 atom stereocenters. The average Bonchev–Trinajstić information content (AvgIpc) is 3.57. The van der Waals surface area contributed by atoms with Gasteiger partial charge in [0.25, 0.3) is 0 Å². The van der Waals surface area contributed by atoms with Gasteiger partial charge < -0.3 is 24.3 Å². The number of imidazole rings is 1. The van der Waals surface area contributed by atoms with E-state index in [1.807, 2.05) is 58.2 Å². The number of nitrogens with zero attached hydrogens (tertiary/aromatic N) is 6. The monoisotopic (exact) mass is 480 g/mol. The maximum atomic E-state index is 11.8. The Kier molecular flexibility index (Phi) is 4.60. The highest BCUT2D eigenvalue weighted by Crippen LogP contribution is 2.38. The summed E-state index contributed by atoms with van der Waals surface area (Å²) in [7, 11) is 0. The van der Waals surface area contributed by atoms with Gasteiger partial charge in [-0.05, 0) is 18.2 Å². The van der Waals surface area contributed by atoms with Gasteiger partial charge in [0.15, 0.2) is 11.5 Å². The third-order valence-electron chi connectivity index (χ3n) is 7.00. The molecule has 0 unspecified atom stereocenters. The third kappa shape index (κ3) is 3.41. The highest BCUT2D eigenvalue weighted by atomic mass is 16.5. The van der Waals surface area contributed by atoms with Crippen LogP contribution in [-0.2, 0) is 4.79 Å². The Balaban J connectivity index is 1.20. The van der Waals surface area contributed by atoms with Gasteiger partial charge in [0.1, 0.15) is 12.4 Å². The van der Waals surface area contributed by atoms with Crippen molar-refractivity contribution in [1.29, 1.82) is 0 Å². The van der Waals surface area contributed by atoms with E-state index in [4.69, 9.17) is 9.72 Å². The van der Waals surface area contributed by atoms with Crippen LogP contribution in [0.25, 0.3) is 27.8 Å². The Bertz CT molecular complexity index is 1620. The fourth-order valence-electron chi connectivity index (χ4n) is 5.12. The molecule has 3 aromatic heterocycles. The lowest BCUT2D eigenvalue weighted by Gasteiger charge is -2.45. The molecule has 0 saturated carbocycles. The maximum absolute atomic E-state index is 11.8. The predicted octanol–water partition coefficient (Wildman–Crippen LogP) is 3.45. The zero-order valence-corrected chi connectivity index (χ0v) is 19.7. The molecule has 0 aliphatic carbocycles. The van der Waals surface area contributed by atoms with Crippen LogP contribution in [0.3, 0.4) is 0 Å². The smallest absolute Gasteiger partial charge is 0.219 e. The number of amides is 1. The molecule has 10 nitrogen and oxygen atoms in total. The molecule has 7 rings (SSSR count). The summed E-state index contributed by atoms with van der Waals surface area (Å²) < 4.78 is 8.10. The summed E-state index contributed by atoms with van der Waals surface area (Å²) >= 11 is 0. The quantitative estimate of drug-likeness (QED) is 0.408. The standard InChI is InChI=1S/C26H24N8O2/c1-16(35)32-8-9-34-20(13-32)15-36-24-11-19(4-5-23(24)34)29-25-26-27-6-7-33(26)14-22(30-25)17-2-3-18-12-28-31-21(18)10-17/h2-7,10-12,14,20H,8-9,13,15H2,1H3,(H,28,31)(H,29,30)/t20-/m0/s1. The van der Waals surface area contributed by atoms with Crippen molar-refractivity contribution >= 4 is 39.6 Å². The van der Waals surface area contributed by atoms with E-state index in [1.54, 1.807) is 13.1 Å². The van der Waals surface area contributed by atoms with Crippen LogP contribution < -0.4 is 15.0 Å². The molecule has 1 fully saturated rings. The summed E-state index contributed by atoms with van der Waals surface area (Å²) in [6.07, 6.45) is 7.46. The molecule has 2 N–H and O–H groups in total. The van der Waals surface area contributed by atoms with Gasteiger partial charge in [-0.15, -0.1) is 0 Å². The van der Waals surface area contributed by atoms with Gasteiger partial charge in [0.05, 0.1) is 29.1 Å². The fourth-order valence-corrected chi connectivity index (χ4v) is 5.12. The van der Waals surface area contributed by atoms with E-state index in [0.29, 0.717) is 19.0 Å². The Labute approximate surface area is 206 Å². The van der Waals surface area contributed by atoms with E-state index in [2.05, 4.69) is 31.5 Å². The number of benzene rings is 2. The predicted molar refractivity (Wildman–Crippen MR) is 137 cm³/mol. The van der Waals surface area contributed by atoms with Gasteiger partial charge in [0.2, 0.25) is 5.91 Å². The van der Waals surface area contributed by atoms with Crippen LogP contribution in [0.1, 0.15) is 6.92 Å². The number of hydrogen-bond donors (Lipinski definition) is 2. The lowest BCUT2D eigenvalue weighted by atomic mass is 10.1. The van der Waals surface area contributed by atoms with Crippen molar-refractivity contribution in [3.63, 3.8) is 0 Å². The van der Waals surface area contributed by atoms with E-state index in [0.717, 1.165) is 58.0 Å². The average molecular weight is 481 g/mol. The largest absolute Gasteiger partial charge is 0.489 e. The van der Waals surface area contributed by atoms with Gasteiger partial charge in [-0.3, -0.25) is 9.89 Å². The molecular formula is C26H24N8O2. The summed E-state index contributed by atoms with van der Waals surface area (Å²) in [4.78, 5) is 25.5. The zero-order chi connectivity index (χ0) is 24.2. The molecule has 5 aromatic rings. The van der Waals surface area contributed by atoms with E-state index in [9.17, 15) is 4.79 Å². The second-order valence-corrected chi connectivity index (χ2v) is 9.24. The SMILES string of the molecule is CC(=O)N1CCN2c3ccc(Nc4nc(-c5ccc6cn[nH]c6c5)cn5ccnc45)cc3OC[C@@H]2C1. The summed E-state index contributed by atoms with van der Waals surface area (Å²) in [5.41, 5.74) is 5.42. The molecule has 1 saturated heterocycles. The topological polar surface area (TPSA) is 104 Å². The number of aromatic amines is 1. The molecule has 180 valence electrons. The van der Waals surface area contributed by atoms with Crippen LogP contribution in [-0.4, -0.2) is 67.7 Å². The van der Waals surface area contributed by atoms with Gasteiger partial charge in [-0.1, -0.05) is 12.1 Å². The number of anilines is 3. The van der Waals surface area contributed by atoms with Crippen LogP contribution in [0.2, 0.25) is 0 Å². The number of aromatic nitrogens is 5. The lowest BCUT2D eigenvalue weighted by molar-refractivity contribution is -0.129. The van der Waals surface area contributed by atoms with Gasteiger partial charge in [-0.2, -0.15) is 5.10 Å². The molecule has 2 aliphatic heterocycles. The second kappa shape index (κ2) is 7.98. The number of carbonyl (C=O) groups is 1. The fraction of sp³-hybridized carbons (Fsp3) is 0.231. The number of H-pyrrole nitrogens is 1.